The smallest absolute Gasteiger partial charge is 0.261 e. The summed E-state index contributed by atoms with van der Waals surface area (Å²) in [5.74, 6) is 0. The summed E-state index contributed by atoms with van der Waals surface area (Å²) in [5.41, 5.74) is 7.05. The van der Waals surface area contributed by atoms with Gasteiger partial charge in [-0.2, -0.15) is 0 Å². The average Bonchev–Trinajstić information content (AvgIpc) is 2.29. The molecule has 1 rings (SSSR count). The van der Waals surface area contributed by atoms with Crippen LogP contribution in [0.15, 0.2) is 22.7 Å². The van der Waals surface area contributed by atoms with E-state index >= 15 is 0 Å². The summed E-state index contributed by atoms with van der Waals surface area (Å²) < 4.78 is 29.3. The van der Waals surface area contributed by atoms with Crippen LogP contribution in [-0.4, -0.2) is 31.2 Å². The Morgan fingerprint density at radius 3 is 2.83 bits per heavy atom. The minimum atomic E-state index is -2.44. The number of benzene rings is 1. The van der Waals surface area contributed by atoms with Gasteiger partial charge in [0.1, 0.15) is 11.6 Å². The first-order valence-corrected chi connectivity index (χ1v) is 6.40. The molecule has 1 aromatic rings. The van der Waals surface area contributed by atoms with Crippen molar-refractivity contribution in [3.8, 4) is 0 Å². The quantitative estimate of drug-likeness (QED) is 0.592. The van der Waals surface area contributed by atoms with Gasteiger partial charge in [0.25, 0.3) is 6.43 Å². The van der Waals surface area contributed by atoms with Gasteiger partial charge in [-0.15, -0.1) is 0 Å². The second-order valence-corrected chi connectivity index (χ2v) is 4.80. The minimum Gasteiger partial charge on any atom is -0.389 e. The van der Waals surface area contributed by atoms with Gasteiger partial charge in [-0.1, -0.05) is 28.1 Å². The maximum atomic E-state index is 11.8. The molecule has 0 unspecified atom stereocenters. The Morgan fingerprint density at radius 1 is 1.50 bits per heavy atom. The molecule has 0 saturated heterocycles. The van der Waals surface area contributed by atoms with Gasteiger partial charge in [-0.3, -0.25) is 0 Å². The first-order chi connectivity index (χ1) is 8.50. The van der Waals surface area contributed by atoms with E-state index in [9.17, 15) is 8.78 Å². The summed E-state index contributed by atoms with van der Waals surface area (Å²) in [6.07, 6.45) is -2.44. The molecule has 0 aromatic heterocycles. The molecule has 0 radical (unpaired) electrons. The number of hydrogen-bond donors (Lipinski definition) is 2. The van der Waals surface area contributed by atoms with Crippen LogP contribution >= 0.6 is 28.1 Å². The van der Waals surface area contributed by atoms with Crippen LogP contribution in [0.25, 0.3) is 0 Å². The lowest BCUT2D eigenvalue weighted by molar-refractivity contribution is 0.0215. The molecule has 1 aromatic carbocycles. The van der Waals surface area contributed by atoms with E-state index in [1.54, 1.807) is 6.07 Å². The van der Waals surface area contributed by atoms with E-state index in [0.717, 1.165) is 10.2 Å². The molecule has 3 nitrogen and oxygen atoms in total. The van der Waals surface area contributed by atoms with Crippen LogP contribution in [-0.2, 0) is 4.74 Å². The van der Waals surface area contributed by atoms with Crippen LogP contribution in [0.1, 0.15) is 5.56 Å². The lowest BCUT2D eigenvalue weighted by Crippen LogP contribution is -2.17. The zero-order valence-corrected chi connectivity index (χ0v) is 11.9. The van der Waals surface area contributed by atoms with Crippen LogP contribution in [0.2, 0.25) is 0 Å². The van der Waals surface area contributed by atoms with Crippen molar-refractivity contribution in [2.24, 2.45) is 5.73 Å². The van der Waals surface area contributed by atoms with Crippen molar-refractivity contribution in [3.05, 3.63) is 28.2 Å². The second kappa shape index (κ2) is 7.60. The van der Waals surface area contributed by atoms with Crippen LogP contribution in [0.3, 0.4) is 0 Å². The third-order valence-corrected chi connectivity index (χ3v) is 2.77. The second-order valence-electron chi connectivity index (χ2n) is 3.45. The summed E-state index contributed by atoms with van der Waals surface area (Å²) in [4.78, 5) is 0.271. The normalized spacial score (nSPS) is 10.7. The van der Waals surface area contributed by atoms with Crippen molar-refractivity contribution in [2.45, 2.75) is 6.43 Å². The number of thiocarbonyl (C=S) groups is 1. The maximum Gasteiger partial charge on any atom is 0.261 e. The molecule has 0 bridgehead atoms. The Hall–Kier alpha value is -0.790. The zero-order valence-electron chi connectivity index (χ0n) is 9.46. The minimum absolute atomic E-state index is 0.192. The molecule has 0 aliphatic rings. The van der Waals surface area contributed by atoms with E-state index in [1.807, 2.05) is 12.1 Å². The van der Waals surface area contributed by atoms with E-state index in [1.165, 1.54) is 0 Å². The fourth-order valence-electron chi connectivity index (χ4n) is 1.30. The Balaban J connectivity index is 2.49. The first kappa shape index (κ1) is 15.3. The summed E-state index contributed by atoms with van der Waals surface area (Å²) in [6.45, 7) is 0.0469. The molecule has 0 heterocycles. The molecule has 0 amide bonds. The SMILES string of the molecule is NC(=S)c1cc(Br)ccc1NCCOCC(F)F. The molecule has 18 heavy (non-hydrogen) atoms. The number of anilines is 1. The van der Waals surface area contributed by atoms with Crippen LogP contribution in [0.5, 0.6) is 0 Å². The van der Waals surface area contributed by atoms with Gasteiger partial charge in [0.05, 0.1) is 6.61 Å². The van der Waals surface area contributed by atoms with Crippen molar-refractivity contribution in [1.82, 2.24) is 0 Å². The highest BCUT2D eigenvalue weighted by atomic mass is 79.9. The average molecular weight is 339 g/mol. The lowest BCUT2D eigenvalue weighted by atomic mass is 10.2. The van der Waals surface area contributed by atoms with E-state index < -0.39 is 13.0 Å². The molecule has 3 N–H and O–H groups in total. The summed E-state index contributed by atoms with van der Waals surface area (Å²) in [5, 5.41) is 3.04. The Labute approximate surface area is 118 Å². The first-order valence-electron chi connectivity index (χ1n) is 5.20. The van der Waals surface area contributed by atoms with E-state index in [-0.39, 0.29) is 11.6 Å². The highest BCUT2D eigenvalue weighted by Gasteiger charge is 2.06. The van der Waals surface area contributed by atoms with E-state index in [4.69, 9.17) is 22.7 Å². The molecule has 0 aliphatic carbocycles. The molecular weight excluding hydrogens is 326 g/mol. The largest absolute Gasteiger partial charge is 0.389 e. The molecule has 100 valence electrons. The number of ether oxygens (including phenoxy) is 1. The molecule has 0 spiro atoms. The van der Waals surface area contributed by atoms with Crippen LogP contribution in [0.4, 0.5) is 14.5 Å². The van der Waals surface area contributed by atoms with E-state index in [0.29, 0.717) is 12.1 Å². The molecular formula is C11H13BrF2N2OS. The summed E-state index contributed by atoms with van der Waals surface area (Å²) in [6, 6.07) is 5.44. The van der Waals surface area contributed by atoms with E-state index in [2.05, 4.69) is 21.2 Å². The Morgan fingerprint density at radius 2 is 2.22 bits per heavy atom. The summed E-state index contributed by atoms with van der Waals surface area (Å²) >= 11 is 8.25. The fourth-order valence-corrected chi connectivity index (χ4v) is 1.83. The van der Waals surface area contributed by atoms with Crippen molar-refractivity contribution in [3.63, 3.8) is 0 Å². The van der Waals surface area contributed by atoms with Gasteiger partial charge in [-0.25, -0.2) is 8.78 Å². The fraction of sp³-hybridized carbons (Fsp3) is 0.364. The highest BCUT2D eigenvalue weighted by molar-refractivity contribution is 9.10. The predicted octanol–water partition coefficient (Wildman–Crippen LogP) is 2.78. The molecule has 0 atom stereocenters. The van der Waals surface area contributed by atoms with Crippen LogP contribution < -0.4 is 11.1 Å². The zero-order chi connectivity index (χ0) is 13.5. The molecule has 0 saturated carbocycles. The van der Waals surface area contributed by atoms with Gasteiger partial charge < -0.3 is 15.8 Å². The predicted molar refractivity (Wildman–Crippen MR) is 75.3 cm³/mol. The van der Waals surface area contributed by atoms with Gasteiger partial charge in [-0.05, 0) is 18.2 Å². The number of nitrogens with two attached hydrogens (primary N) is 1. The Bertz CT molecular complexity index is 418. The van der Waals surface area contributed by atoms with Crippen molar-refractivity contribution >= 4 is 38.8 Å². The molecule has 0 fully saturated rings. The van der Waals surface area contributed by atoms with Gasteiger partial charge >= 0.3 is 0 Å². The number of rotatable bonds is 7. The van der Waals surface area contributed by atoms with Crippen molar-refractivity contribution in [1.29, 1.82) is 0 Å². The molecule has 7 heteroatoms. The van der Waals surface area contributed by atoms with Gasteiger partial charge in [0.15, 0.2) is 0 Å². The third kappa shape index (κ3) is 5.24. The monoisotopic (exact) mass is 338 g/mol. The number of alkyl halides is 2. The third-order valence-electron chi connectivity index (χ3n) is 2.05. The maximum absolute atomic E-state index is 11.8. The van der Waals surface area contributed by atoms with Crippen molar-refractivity contribution in [2.75, 3.05) is 25.1 Å². The standard InChI is InChI=1S/C11H13BrF2N2OS/c12-7-1-2-9(8(5-7)11(15)18)16-3-4-17-6-10(13)14/h1-2,5,10,16H,3-4,6H2,(H2,15,18). The topological polar surface area (TPSA) is 47.3 Å². The lowest BCUT2D eigenvalue weighted by Gasteiger charge is -2.11. The van der Waals surface area contributed by atoms with Gasteiger partial charge in [0, 0.05) is 22.3 Å². The van der Waals surface area contributed by atoms with Crippen molar-refractivity contribution < 1.29 is 13.5 Å². The highest BCUT2D eigenvalue weighted by Crippen LogP contribution is 2.20. The van der Waals surface area contributed by atoms with Gasteiger partial charge in [0.2, 0.25) is 0 Å². The number of hydrogen-bond acceptors (Lipinski definition) is 3. The number of halogens is 3. The molecule has 0 aliphatic heterocycles. The van der Waals surface area contributed by atoms with Crippen LogP contribution in [0, 0.1) is 0 Å². The number of nitrogens with one attached hydrogen (secondary N) is 1. The Kier molecular flexibility index (Phi) is 6.45. The summed E-state index contributed by atoms with van der Waals surface area (Å²) in [7, 11) is 0.